The van der Waals surface area contributed by atoms with Crippen LogP contribution in [0.3, 0.4) is 0 Å². The molecule has 3 aromatic rings. The number of benzene rings is 2. The first-order valence-electron chi connectivity index (χ1n) is 7.60. The molecule has 1 heterocycles. The van der Waals surface area contributed by atoms with Crippen molar-refractivity contribution in [3.8, 4) is 23.1 Å². The lowest BCUT2D eigenvalue weighted by atomic mass is 10.0. The summed E-state index contributed by atoms with van der Waals surface area (Å²) in [5.74, 6) is -5.02. The highest BCUT2D eigenvalue weighted by Gasteiger charge is 2.18. The number of ether oxygens (including phenoxy) is 1. The Labute approximate surface area is 151 Å². The van der Waals surface area contributed by atoms with Crippen LogP contribution in [0.5, 0.6) is 5.75 Å². The third-order valence-electron chi connectivity index (χ3n) is 3.72. The zero-order valence-corrected chi connectivity index (χ0v) is 13.7. The number of nitrogens with two attached hydrogens (primary N) is 2. The number of aromatic nitrogens is 2. The van der Waals surface area contributed by atoms with Gasteiger partial charge in [0.05, 0.1) is 5.69 Å². The van der Waals surface area contributed by atoms with Gasteiger partial charge in [-0.15, -0.1) is 0 Å². The Bertz CT molecular complexity index is 1070. The number of nitrogens with zero attached hydrogens (tertiary/aromatic N) is 3. The Morgan fingerprint density at radius 3 is 2.48 bits per heavy atom. The molecule has 4 N–H and O–H groups in total. The van der Waals surface area contributed by atoms with Gasteiger partial charge < -0.3 is 16.2 Å². The number of rotatable bonds is 4. The Morgan fingerprint density at radius 2 is 1.74 bits per heavy atom. The van der Waals surface area contributed by atoms with Gasteiger partial charge in [0.1, 0.15) is 24.1 Å². The van der Waals surface area contributed by atoms with Crippen molar-refractivity contribution in [1.29, 1.82) is 5.26 Å². The molecule has 0 aliphatic heterocycles. The molecule has 6 nitrogen and oxygen atoms in total. The summed E-state index contributed by atoms with van der Waals surface area (Å²) in [6, 6.07) is 10.3. The molecule has 0 unspecified atom stereocenters. The number of halogens is 3. The minimum absolute atomic E-state index is 0.0238. The number of anilines is 2. The van der Waals surface area contributed by atoms with Gasteiger partial charge in [-0.1, -0.05) is 24.3 Å². The molecule has 0 amide bonds. The normalized spacial score (nSPS) is 10.4. The average molecular weight is 371 g/mol. The van der Waals surface area contributed by atoms with Gasteiger partial charge >= 0.3 is 0 Å². The highest BCUT2D eigenvalue weighted by molar-refractivity contribution is 5.75. The molecule has 2 aromatic carbocycles. The van der Waals surface area contributed by atoms with Crippen LogP contribution in [0.15, 0.2) is 36.4 Å². The summed E-state index contributed by atoms with van der Waals surface area (Å²) in [4.78, 5) is 7.81. The molecule has 9 heteroatoms. The van der Waals surface area contributed by atoms with Crippen LogP contribution in [-0.4, -0.2) is 9.97 Å². The first kappa shape index (κ1) is 18.0. The van der Waals surface area contributed by atoms with Crippen molar-refractivity contribution in [2.45, 2.75) is 6.61 Å². The highest BCUT2D eigenvalue weighted by atomic mass is 19.2. The minimum Gasteiger partial charge on any atom is -0.486 e. The molecule has 1 aromatic heterocycles. The maximum absolute atomic E-state index is 13.8. The Hall–Kier alpha value is -3.80. The molecule has 0 spiro atoms. The van der Waals surface area contributed by atoms with Gasteiger partial charge in [0, 0.05) is 5.56 Å². The third-order valence-corrected chi connectivity index (χ3v) is 3.72. The number of nitriles is 1. The fourth-order valence-corrected chi connectivity index (χ4v) is 2.45. The van der Waals surface area contributed by atoms with Crippen LogP contribution in [0.25, 0.3) is 11.3 Å². The molecule has 0 saturated heterocycles. The summed E-state index contributed by atoms with van der Waals surface area (Å²) < 4.78 is 45.4. The van der Waals surface area contributed by atoms with Crippen LogP contribution in [0.1, 0.15) is 11.1 Å². The van der Waals surface area contributed by atoms with E-state index < -0.39 is 23.2 Å². The lowest BCUT2D eigenvalue weighted by Gasteiger charge is -2.13. The summed E-state index contributed by atoms with van der Waals surface area (Å²) in [7, 11) is 0. The van der Waals surface area contributed by atoms with E-state index in [9.17, 15) is 18.4 Å². The van der Waals surface area contributed by atoms with Crippen LogP contribution < -0.4 is 16.2 Å². The van der Waals surface area contributed by atoms with E-state index in [2.05, 4.69) is 9.97 Å². The van der Waals surface area contributed by atoms with E-state index in [0.717, 1.165) is 12.1 Å². The second-order valence-electron chi connectivity index (χ2n) is 5.42. The molecule has 136 valence electrons. The van der Waals surface area contributed by atoms with Crippen molar-refractivity contribution < 1.29 is 17.9 Å². The lowest BCUT2D eigenvalue weighted by molar-refractivity contribution is 0.282. The standard InChI is InChI=1S/C18H12F3N5O/c19-12-5-6-13(15(21)14(12)20)27-8-9-3-1-2-4-10(9)16-11(7-22)17(23)26-18(24)25-16/h1-6H,8H2,(H4,23,24,25,26). The molecule has 3 rings (SSSR count). The zero-order chi connectivity index (χ0) is 19.6. The fraction of sp³-hybridized carbons (Fsp3) is 0.0556. The molecule has 0 saturated carbocycles. The lowest BCUT2D eigenvalue weighted by Crippen LogP contribution is -2.07. The smallest absolute Gasteiger partial charge is 0.222 e. The maximum Gasteiger partial charge on any atom is 0.222 e. The van der Waals surface area contributed by atoms with Crippen molar-refractivity contribution >= 4 is 11.8 Å². The van der Waals surface area contributed by atoms with E-state index in [-0.39, 0.29) is 29.6 Å². The quantitative estimate of drug-likeness (QED) is 0.682. The van der Waals surface area contributed by atoms with Gasteiger partial charge in [0.25, 0.3) is 0 Å². The topological polar surface area (TPSA) is 111 Å². The van der Waals surface area contributed by atoms with E-state index in [1.165, 1.54) is 0 Å². The van der Waals surface area contributed by atoms with Gasteiger partial charge in [0.15, 0.2) is 17.4 Å². The van der Waals surface area contributed by atoms with E-state index in [4.69, 9.17) is 16.2 Å². The van der Waals surface area contributed by atoms with Crippen molar-refractivity contribution in [1.82, 2.24) is 9.97 Å². The van der Waals surface area contributed by atoms with Crippen molar-refractivity contribution in [3.05, 3.63) is 65.0 Å². The second kappa shape index (κ2) is 7.21. The second-order valence-corrected chi connectivity index (χ2v) is 5.42. The number of hydrogen-bond donors (Lipinski definition) is 2. The van der Waals surface area contributed by atoms with Crippen LogP contribution in [-0.2, 0) is 6.61 Å². The molecule has 0 radical (unpaired) electrons. The fourth-order valence-electron chi connectivity index (χ4n) is 2.45. The molecule has 0 fully saturated rings. The van der Waals surface area contributed by atoms with Crippen LogP contribution in [0.4, 0.5) is 24.9 Å². The first-order chi connectivity index (χ1) is 12.9. The van der Waals surface area contributed by atoms with E-state index >= 15 is 0 Å². The Balaban J connectivity index is 2.00. The predicted molar refractivity (Wildman–Crippen MR) is 91.7 cm³/mol. The predicted octanol–water partition coefficient (Wildman–Crippen LogP) is 3.18. The summed E-state index contributed by atoms with van der Waals surface area (Å²) in [6.07, 6.45) is 0. The van der Waals surface area contributed by atoms with Crippen molar-refractivity contribution in [2.24, 2.45) is 0 Å². The SMILES string of the molecule is N#Cc1c(N)nc(N)nc1-c1ccccc1COc1ccc(F)c(F)c1F. The molecular weight excluding hydrogens is 359 g/mol. The van der Waals surface area contributed by atoms with Gasteiger partial charge in [0.2, 0.25) is 11.8 Å². The Kier molecular flexibility index (Phi) is 4.81. The van der Waals surface area contributed by atoms with Gasteiger partial charge in [-0.3, -0.25) is 0 Å². The van der Waals surface area contributed by atoms with Crippen molar-refractivity contribution in [3.63, 3.8) is 0 Å². The van der Waals surface area contributed by atoms with E-state index in [1.54, 1.807) is 24.3 Å². The molecule has 0 aliphatic carbocycles. The van der Waals surface area contributed by atoms with E-state index in [0.29, 0.717) is 11.1 Å². The summed E-state index contributed by atoms with van der Waals surface area (Å²) in [6.45, 7) is -0.202. The molecule has 27 heavy (non-hydrogen) atoms. The zero-order valence-electron chi connectivity index (χ0n) is 13.7. The highest BCUT2D eigenvalue weighted by Crippen LogP contribution is 2.30. The molecule has 0 atom stereocenters. The summed E-state index contributed by atoms with van der Waals surface area (Å²) in [5.41, 5.74) is 12.5. The van der Waals surface area contributed by atoms with Gasteiger partial charge in [-0.05, 0) is 17.7 Å². The number of hydrogen-bond acceptors (Lipinski definition) is 6. The third kappa shape index (κ3) is 3.46. The average Bonchev–Trinajstić information content (AvgIpc) is 2.65. The van der Waals surface area contributed by atoms with Crippen LogP contribution in [0.2, 0.25) is 0 Å². The molecule has 0 bridgehead atoms. The monoisotopic (exact) mass is 371 g/mol. The summed E-state index contributed by atoms with van der Waals surface area (Å²) >= 11 is 0. The summed E-state index contributed by atoms with van der Waals surface area (Å²) in [5, 5.41) is 9.33. The molecule has 0 aliphatic rings. The maximum atomic E-state index is 13.8. The van der Waals surface area contributed by atoms with Crippen molar-refractivity contribution in [2.75, 3.05) is 11.5 Å². The largest absolute Gasteiger partial charge is 0.486 e. The van der Waals surface area contributed by atoms with E-state index in [1.807, 2.05) is 6.07 Å². The Morgan fingerprint density at radius 1 is 1.00 bits per heavy atom. The minimum atomic E-state index is -1.62. The first-order valence-corrected chi connectivity index (χ1v) is 7.60. The molecular formula is C18H12F3N5O. The number of nitrogen functional groups attached to an aromatic ring is 2. The van der Waals surface area contributed by atoms with Gasteiger partial charge in [-0.2, -0.15) is 14.6 Å². The van der Waals surface area contributed by atoms with Crippen LogP contribution >= 0.6 is 0 Å². The van der Waals surface area contributed by atoms with Crippen LogP contribution in [0, 0.1) is 28.8 Å². The van der Waals surface area contributed by atoms with Gasteiger partial charge in [-0.25, -0.2) is 13.8 Å².